The van der Waals surface area contributed by atoms with Crippen molar-refractivity contribution in [3.05, 3.63) is 58.6 Å². The van der Waals surface area contributed by atoms with E-state index in [1.165, 1.54) is 0 Å². The molecule has 0 saturated heterocycles. The summed E-state index contributed by atoms with van der Waals surface area (Å²) < 4.78 is 5.72. The Morgan fingerprint density at radius 1 is 1.14 bits per heavy atom. The molecule has 0 heterocycles. The second-order valence-electron chi connectivity index (χ2n) is 5.03. The number of carbonyl (C=O) groups is 1. The second-order valence-corrected chi connectivity index (χ2v) is 5.46. The van der Waals surface area contributed by atoms with Crippen LogP contribution in [0.2, 0.25) is 5.02 Å². The van der Waals surface area contributed by atoms with Crippen molar-refractivity contribution in [2.45, 2.75) is 26.9 Å². The van der Waals surface area contributed by atoms with E-state index in [0.29, 0.717) is 10.7 Å². The van der Waals surface area contributed by atoms with Crippen LogP contribution in [0.3, 0.4) is 0 Å². The Kier molecular flexibility index (Phi) is 4.86. The van der Waals surface area contributed by atoms with Gasteiger partial charge in [-0.1, -0.05) is 29.3 Å². The largest absolute Gasteiger partial charge is 0.481 e. The fourth-order valence-corrected chi connectivity index (χ4v) is 2.08. The standard InChI is InChI=1S/C17H18ClNO2/c1-11-4-9-16(12(2)10-11)21-13(3)17(20)19-15-7-5-14(18)6-8-15/h4-10,13H,1-3H3,(H,19,20). The topological polar surface area (TPSA) is 38.3 Å². The summed E-state index contributed by atoms with van der Waals surface area (Å²) in [5.41, 5.74) is 2.87. The Hall–Kier alpha value is -2.00. The highest BCUT2D eigenvalue weighted by molar-refractivity contribution is 6.30. The van der Waals surface area contributed by atoms with Crippen molar-refractivity contribution in [1.29, 1.82) is 0 Å². The van der Waals surface area contributed by atoms with E-state index in [2.05, 4.69) is 5.32 Å². The van der Waals surface area contributed by atoms with Crippen LogP contribution in [0.5, 0.6) is 5.75 Å². The number of halogens is 1. The molecule has 1 unspecified atom stereocenters. The molecule has 1 amide bonds. The number of hydrogen-bond acceptors (Lipinski definition) is 2. The van der Waals surface area contributed by atoms with Crippen LogP contribution in [-0.2, 0) is 4.79 Å². The molecule has 1 N–H and O–H groups in total. The Bertz CT molecular complexity index is 638. The van der Waals surface area contributed by atoms with Crippen molar-refractivity contribution in [2.75, 3.05) is 5.32 Å². The molecule has 0 aliphatic rings. The lowest BCUT2D eigenvalue weighted by molar-refractivity contribution is -0.122. The van der Waals surface area contributed by atoms with Gasteiger partial charge in [0.25, 0.3) is 5.91 Å². The van der Waals surface area contributed by atoms with Gasteiger partial charge >= 0.3 is 0 Å². The average molecular weight is 304 g/mol. The molecule has 0 radical (unpaired) electrons. The van der Waals surface area contributed by atoms with Gasteiger partial charge in [-0.2, -0.15) is 0 Å². The summed E-state index contributed by atoms with van der Waals surface area (Å²) in [6.07, 6.45) is -0.581. The van der Waals surface area contributed by atoms with Crippen LogP contribution >= 0.6 is 11.6 Å². The number of benzene rings is 2. The number of nitrogens with one attached hydrogen (secondary N) is 1. The maximum Gasteiger partial charge on any atom is 0.265 e. The molecular formula is C17H18ClNO2. The summed E-state index contributed by atoms with van der Waals surface area (Å²) in [7, 11) is 0. The van der Waals surface area contributed by atoms with Crippen LogP contribution in [0.4, 0.5) is 5.69 Å². The normalized spacial score (nSPS) is 11.8. The van der Waals surface area contributed by atoms with Crippen molar-refractivity contribution in [2.24, 2.45) is 0 Å². The Morgan fingerprint density at radius 2 is 1.81 bits per heavy atom. The third-order valence-corrected chi connectivity index (χ3v) is 3.37. The van der Waals surface area contributed by atoms with E-state index in [0.717, 1.165) is 16.9 Å². The molecule has 2 rings (SSSR count). The van der Waals surface area contributed by atoms with Crippen LogP contribution in [0.25, 0.3) is 0 Å². The number of aryl methyl sites for hydroxylation is 2. The highest BCUT2D eigenvalue weighted by Gasteiger charge is 2.15. The first-order valence-electron chi connectivity index (χ1n) is 6.76. The summed E-state index contributed by atoms with van der Waals surface area (Å²) >= 11 is 5.81. The zero-order valence-corrected chi connectivity index (χ0v) is 13.1. The third kappa shape index (κ3) is 4.23. The van der Waals surface area contributed by atoms with E-state index in [-0.39, 0.29) is 5.91 Å². The van der Waals surface area contributed by atoms with E-state index in [1.54, 1.807) is 31.2 Å². The molecule has 0 spiro atoms. The molecule has 0 aliphatic heterocycles. The number of carbonyl (C=O) groups excluding carboxylic acids is 1. The van der Waals surface area contributed by atoms with Crippen LogP contribution in [0.15, 0.2) is 42.5 Å². The molecule has 0 aliphatic carbocycles. The second kappa shape index (κ2) is 6.64. The molecule has 0 fully saturated rings. The lowest BCUT2D eigenvalue weighted by Gasteiger charge is -2.16. The first kappa shape index (κ1) is 15.4. The number of amides is 1. The van der Waals surface area contributed by atoms with E-state index in [4.69, 9.17) is 16.3 Å². The van der Waals surface area contributed by atoms with Crippen molar-refractivity contribution >= 4 is 23.2 Å². The van der Waals surface area contributed by atoms with Crippen LogP contribution < -0.4 is 10.1 Å². The molecular weight excluding hydrogens is 286 g/mol. The predicted molar refractivity (Wildman–Crippen MR) is 86.1 cm³/mol. The summed E-state index contributed by atoms with van der Waals surface area (Å²) in [6.45, 7) is 5.71. The highest BCUT2D eigenvalue weighted by atomic mass is 35.5. The molecule has 2 aromatic rings. The summed E-state index contributed by atoms with van der Waals surface area (Å²) in [5.74, 6) is 0.525. The molecule has 2 aromatic carbocycles. The molecule has 0 bridgehead atoms. The Balaban J connectivity index is 2.00. The third-order valence-electron chi connectivity index (χ3n) is 3.12. The predicted octanol–water partition coefficient (Wildman–Crippen LogP) is 4.36. The molecule has 1 atom stereocenters. The van der Waals surface area contributed by atoms with E-state index >= 15 is 0 Å². The summed E-state index contributed by atoms with van der Waals surface area (Å²) in [4.78, 5) is 12.1. The van der Waals surface area contributed by atoms with E-state index < -0.39 is 6.10 Å². The molecule has 21 heavy (non-hydrogen) atoms. The van der Waals surface area contributed by atoms with Crippen molar-refractivity contribution in [3.63, 3.8) is 0 Å². The van der Waals surface area contributed by atoms with Gasteiger partial charge in [-0.05, 0) is 56.7 Å². The minimum Gasteiger partial charge on any atom is -0.481 e. The first-order valence-corrected chi connectivity index (χ1v) is 7.14. The maximum absolute atomic E-state index is 12.1. The quantitative estimate of drug-likeness (QED) is 0.911. The van der Waals surface area contributed by atoms with Gasteiger partial charge in [0.2, 0.25) is 0 Å². The summed E-state index contributed by atoms with van der Waals surface area (Å²) in [5, 5.41) is 3.43. The lowest BCUT2D eigenvalue weighted by Crippen LogP contribution is -2.30. The molecule has 3 nitrogen and oxygen atoms in total. The first-order chi connectivity index (χ1) is 9.95. The van der Waals surface area contributed by atoms with Gasteiger partial charge in [0.1, 0.15) is 5.75 Å². The van der Waals surface area contributed by atoms with E-state index in [1.807, 2.05) is 32.0 Å². The van der Waals surface area contributed by atoms with Gasteiger partial charge in [-0.3, -0.25) is 4.79 Å². The van der Waals surface area contributed by atoms with Gasteiger partial charge in [0, 0.05) is 10.7 Å². The van der Waals surface area contributed by atoms with E-state index in [9.17, 15) is 4.79 Å². The monoisotopic (exact) mass is 303 g/mol. The number of anilines is 1. The Labute approximate surface area is 129 Å². The highest BCUT2D eigenvalue weighted by Crippen LogP contribution is 2.20. The van der Waals surface area contributed by atoms with Crippen molar-refractivity contribution in [1.82, 2.24) is 0 Å². The minimum atomic E-state index is -0.581. The lowest BCUT2D eigenvalue weighted by atomic mass is 10.1. The fraction of sp³-hybridized carbons (Fsp3) is 0.235. The summed E-state index contributed by atoms with van der Waals surface area (Å²) in [6, 6.07) is 12.8. The van der Waals surface area contributed by atoms with Gasteiger partial charge in [-0.25, -0.2) is 0 Å². The maximum atomic E-state index is 12.1. The van der Waals surface area contributed by atoms with Crippen molar-refractivity contribution in [3.8, 4) is 5.75 Å². The smallest absolute Gasteiger partial charge is 0.265 e. The molecule has 110 valence electrons. The zero-order chi connectivity index (χ0) is 15.4. The number of rotatable bonds is 4. The van der Waals surface area contributed by atoms with Crippen LogP contribution in [-0.4, -0.2) is 12.0 Å². The molecule has 0 aromatic heterocycles. The molecule has 4 heteroatoms. The number of hydrogen-bond donors (Lipinski definition) is 1. The number of ether oxygens (including phenoxy) is 1. The fourth-order valence-electron chi connectivity index (χ4n) is 1.95. The van der Waals surface area contributed by atoms with Crippen LogP contribution in [0, 0.1) is 13.8 Å². The van der Waals surface area contributed by atoms with Gasteiger partial charge in [0.05, 0.1) is 0 Å². The molecule has 0 saturated carbocycles. The zero-order valence-electron chi connectivity index (χ0n) is 12.3. The SMILES string of the molecule is Cc1ccc(OC(C)C(=O)Nc2ccc(Cl)cc2)c(C)c1. The minimum absolute atomic E-state index is 0.197. The average Bonchev–Trinajstić information content (AvgIpc) is 2.44. The van der Waals surface area contributed by atoms with Crippen LogP contribution in [0.1, 0.15) is 18.1 Å². The Morgan fingerprint density at radius 3 is 2.43 bits per heavy atom. The van der Waals surface area contributed by atoms with Crippen molar-refractivity contribution < 1.29 is 9.53 Å². The van der Waals surface area contributed by atoms with Gasteiger partial charge < -0.3 is 10.1 Å². The van der Waals surface area contributed by atoms with Gasteiger partial charge in [0.15, 0.2) is 6.10 Å². The van der Waals surface area contributed by atoms with Gasteiger partial charge in [-0.15, -0.1) is 0 Å².